The van der Waals surface area contributed by atoms with Crippen LogP contribution in [-0.2, 0) is 0 Å². The van der Waals surface area contributed by atoms with E-state index in [-0.39, 0.29) is 10.8 Å². The fourth-order valence-corrected chi connectivity index (χ4v) is 4.14. The topological polar surface area (TPSA) is 3.01 Å². The quantitative estimate of drug-likeness (QED) is 0.366. The maximum atomic E-state index is 5.83. The molecule has 0 aromatic rings. The van der Waals surface area contributed by atoms with Gasteiger partial charge in [0.05, 0.1) is 5.88 Å². The first kappa shape index (κ1) is 22.0. The van der Waals surface area contributed by atoms with Crippen LogP contribution in [0, 0.1) is 10.8 Å². The van der Waals surface area contributed by atoms with E-state index >= 15 is 0 Å². The standard InChI is InChI=1S/C24H33ClNS/c1-23(2,3)21-16-19(17-22(27-21)24(4,5)6)9-8-18-10-12-20(13-11-18)26(7)15-14-25/h8-13,16-17H,14-15H2,1-7H3/q+1. The minimum absolute atomic E-state index is 0.156. The molecule has 0 atom stereocenters. The zero-order chi connectivity index (χ0) is 20.2. The smallest absolute Gasteiger partial charge is 0.199 e. The first-order chi connectivity index (χ1) is 12.5. The lowest BCUT2D eigenvalue weighted by molar-refractivity contribution is -0.490. The fraction of sp³-hybridized carbons (Fsp3) is 0.458. The molecule has 0 radical (unpaired) electrons. The normalized spacial score (nSPS) is 17.7. The summed E-state index contributed by atoms with van der Waals surface area (Å²) in [6.07, 6.45) is 17.7. The van der Waals surface area contributed by atoms with E-state index in [4.69, 9.17) is 11.6 Å². The molecule has 0 spiro atoms. The SMILES string of the molecule is C[N+](CCCl)=C1C=CC(=CC=C2C=C(C(C)(C)C)SC(C(C)(C)C)=C2)C=C1. The molecular formula is C24H33ClNS+. The van der Waals surface area contributed by atoms with E-state index in [1.807, 2.05) is 11.8 Å². The maximum Gasteiger partial charge on any atom is 0.199 e. The molecule has 0 N–H and O–H groups in total. The number of allylic oxidation sites excluding steroid dienone is 12. The second kappa shape index (κ2) is 8.84. The molecule has 3 heteroatoms. The van der Waals surface area contributed by atoms with Crippen LogP contribution in [-0.4, -0.2) is 29.8 Å². The van der Waals surface area contributed by atoms with Crippen LogP contribution in [0.4, 0.5) is 0 Å². The summed E-state index contributed by atoms with van der Waals surface area (Å²) in [4.78, 5) is 2.85. The minimum atomic E-state index is 0.156. The van der Waals surface area contributed by atoms with Crippen LogP contribution in [0.3, 0.4) is 0 Å². The summed E-state index contributed by atoms with van der Waals surface area (Å²) in [6.45, 7) is 14.6. The number of hydrogen-bond acceptors (Lipinski definition) is 1. The predicted molar refractivity (Wildman–Crippen MR) is 124 cm³/mol. The van der Waals surface area contributed by atoms with Crippen LogP contribution in [0.25, 0.3) is 0 Å². The molecule has 0 unspecified atom stereocenters. The van der Waals surface area contributed by atoms with Crippen LogP contribution < -0.4 is 0 Å². The fourth-order valence-electron chi connectivity index (χ4n) is 2.65. The summed E-state index contributed by atoms with van der Waals surface area (Å²) in [5.74, 6) is 0.638. The van der Waals surface area contributed by atoms with E-state index < -0.39 is 0 Å². The summed E-state index contributed by atoms with van der Waals surface area (Å²) >= 11 is 7.76. The largest absolute Gasteiger partial charge is 0.231 e. The second-order valence-corrected chi connectivity index (χ2v) is 10.6. The van der Waals surface area contributed by atoms with Crippen molar-refractivity contribution in [2.45, 2.75) is 41.5 Å². The Hall–Kier alpha value is -1.25. The third kappa shape index (κ3) is 6.40. The molecule has 0 aromatic heterocycles. The van der Waals surface area contributed by atoms with Crippen molar-refractivity contribution in [3.63, 3.8) is 0 Å². The Morgan fingerprint density at radius 2 is 1.33 bits per heavy atom. The van der Waals surface area contributed by atoms with Crippen LogP contribution in [0.15, 0.2) is 69.6 Å². The van der Waals surface area contributed by atoms with E-state index in [0.29, 0.717) is 5.88 Å². The van der Waals surface area contributed by atoms with Gasteiger partial charge in [-0.25, -0.2) is 4.58 Å². The van der Waals surface area contributed by atoms with Gasteiger partial charge in [-0.15, -0.1) is 11.6 Å². The average Bonchev–Trinajstić information content (AvgIpc) is 2.59. The van der Waals surface area contributed by atoms with Gasteiger partial charge in [-0.1, -0.05) is 65.5 Å². The zero-order valence-corrected chi connectivity index (χ0v) is 19.3. The molecule has 146 valence electrons. The third-order valence-electron chi connectivity index (χ3n) is 4.52. The Kier molecular flexibility index (Phi) is 7.21. The van der Waals surface area contributed by atoms with Crippen LogP contribution in [0.2, 0.25) is 0 Å². The molecule has 1 heterocycles. The molecule has 1 nitrogen and oxygen atoms in total. The summed E-state index contributed by atoms with van der Waals surface area (Å²) in [5.41, 5.74) is 3.98. The molecule has 0 amide bonds. The van der Waals surface area contributed by atoms with Gasteiger partial charge in [0.1, 0.15) is 7.05 Å². The highest BCUT2D eigenvalue weighted by Gasteiger charge is 2.27. The van der Waals surface area contributed by atoms with Gasteiger partial charge in [-0.3, -0.25) is 0 Å². The molecule has 0 saturated heterocycles. The van der Waals surface area contributed by atoms with Gasteiger partial charge in [0.15, 0.2) is 12.3 Å². The number of alkyl halides is 1. The van der Waals surface area contributed by atoms with Gasteiger partial charge in [0, 0.05) is 12.2 Å². The molecule has 0 fully saturated rings. The minimum Gasteiger partial charge on any atom is -0.231 e. The second-order valence-electron chi connectivity index (χ2n) is 9.15. The average molecular weight is 403 g/mol. The monoisotopic (exact) mass is 402 g/mol. The van der Waals surface area contributed by atoms with Gasteiger partial charge in [-0.05, 0) is 56.1 Å². The molecule has 2 rings (SSSR count). The van der Waals surface area contributed by atoms with E-state index in [0.717, 1.165) is 6.54 Å². The molecule has 0 saturated carbocycles. The van der Waals surface area contributed by atoms with Crippen LogP contribution in [0.1, 0.15) is 41.5 Å². The van der Waals surface area contributed by atoms with E-state index in [2.05, 4.69) is 102 Å². The summed E-state index contributed by atoms with van der Waals surface area (Å²) in [7, 11) is 2.07. The molecule has 0 bridgehead atoms. The summed E-state index contributed by atoms with van der Waals surface area (Å²) in [5, 5.41) is 0. The van der Waals surface area contributed by atoms with Crippen molar-refractivity contribution in [2.24, 2.45) is 10.8 Å². The van der Waals surface area contributed by atoms with Gasteiger partial charge >= 0.3 is 0 Å². The molecule has 1 aliphatic carbocycles. The molecule has 1 aliphatic heterocycles. The predicted octanol–water partition coefficient (Wildman–Crippen LogP) is 6.89. The van der Waals surface area contributed by atoms with Crippen molar-refractivity contribution in [2.75, 3.05) is 19.5 Å². The third-order valence-corrected chi connectivity index (χ3v) is 6.59. The Morgan fingerprint density at radius 3 is 1.78 bits per heavy atom. The Balaban J connectivity index is 2.30. The van der Waals surface area contributed by atoms with Crippen molar-refractivity contribution >= 4 is 29.1 Å². The summed E-state index contributed by atoms with van der Waals surface area (Å²) < 4.78 is 2.17. The van der Waals surface area contributed by atoms with Crippen molar-refractivity contribution < 1.29 is 4.58 Å². The Labute approximate surface area is 175 Å². The van der Waals surface area contributed by atoms with Crippen molar-refractivity contribution in [3.05, 3.63) is 69.6 Å². The number of thioether (sulfide) groups is 1. The zero-order valence-electron chi connectivity index (χ0n) is 17.8. The number of nitrogens with zero attached hydrogens (tertiary/aromatic N) is 1. The molecule has 27 heavy (non-hydrogen) atoms. The van der Waals surface area contributed by atoms with Crippen molar-refractivity contribution in [3.8, 4) is 0 Å². The van der Waals surface area contributed by atoms with Gasteiger partial charge in [0.2, 0.25) is 0 Å². The Morgan fingerprint density at radius 1 is 0.852 bits per heavy atom. The number of rotatable bonds is 3. The van der Waals surface area contributed by atoms with Gasteiger partial charge in [-0.2, -0.15) is 0 Å². The van der Waals surface area contributed by atoms with Crippen molar-refractivity contribution in [1.29, 1.82) is 0 Å². The van der Waals surface area contributed by atoms with E-state index in [1.54, 1.807) is 0 Å². The van der Waals surface area contributed by atoms with Crippen LogP contribution >= 0.6 is 23.4 Å². The van der Waals surface area contributed by atoms with Gasteiger partial charge in [0.25, 0.3) is 0 Å². The number of halogens is 1. The highest BCUT2D eigenvalue weighted by atomic mass is 35.5. The van der Waals surface area contributed by atoms with Crippen LogP contribution in [0.5, 0.6) is 0 Å². The highest BCUT2D eigenvalue weighted by Crippen LogP contribution is 2.48. The first-order valence-electron chi connectivity index (χ1n) is 9.55. The molecule has 0 aromatic carbocycles. The Bertz CT molecular complexity index is 737. The molecule has 2 aliphatic rings. The van der Waals surface area contributed by atoms with E-state index in [1.165, 1.54) is 26.7 Å². The van der Waals surface area contributed by atoms with Gasteiger partial charge < -0.3 is 0 Å². The number of hydrogen-bond donors (Lipinski definition) is 0. The van der Waals surface area contributed by atoms with Crippen molar-refractivity contribution in [1.82, 2.24) is 0 Å². The molecular weight excluding hydrogens is 370 g/mol. The summed E-state index contributed by atoms with van der Waals surface area (Å²) in [6, 6.07) is 0. The lowest BCUT2D eigenvalue weighted by atomic mass is 9.91. The highest BCUT2D eigenvalue weighted by molar-refractivity contribution is 8.06. The maximum absolute atomic E-state index is 5.83. The lowest BCUT2D eigenvalue weighted by Gasteiger charge is -2.31. The lowest BCUT2D eigenvalue weighted by Crippen LogP contribution is -2.17. The van der Waals surface area contributed by atoms with E-state index in [9.17, 15) is 0 Å². The first-order valence-corrected chi connectivity index (χ1v) is 10.9.